The predicted molar refractivity (Wildman–Crippen MR) is 135 cm³/mol. The van der Waals surface area contributed by atoms with Crippen LogP contribution in [0.15, 0.2) is 24.3 Å². The number of alkyl carbamates (subject to hydrolysis) is 1. The Balaban J connectivity index is 1.89. The van der Waals surface area contributed by atoms with Crippen LogP contribution in [-0.4, -0.2) is 46.5 Å². The molecule has 3 amide bonds. The third-order valence-electron chi connectivity index (χ3n) is 6.70. The van der Waals surface area contributed by atoms with Gasteiger partial charge in [0, 0.05) is 17.6 Å². The summed E-state index contributed by atoms with van der Waals surface area (Å²) in [4.78, 5) is 41.5. The number of nitrogens with zero attached hydrogens (tertiary/aromatic N) is 1. The third-order valence-corrected chi connectivity index (χ3v) is 6.70. The van der Waals surface area contributed by atoms with Gasteiger partial charge < -0.3 is 20.3 Å². The average Bonchev–Trinajstić information content (AvgIpc) is 2.76. The van der Waals surface area contributed by atoms with E-state index < -0.39 is 23.8 Å². The first-order chi connectivity index (χ1) is 16.6. The van der Waals surface area contributed by atoms with Crippen LogP contribution in [0.4, 0.5) is 4.79 Å². The van der Waals surface area contributed by atoms with E-state index in [4.69, 9.17) is 11.2 Å². The van der Waals surface area contributed by atoms with E-state index in [-0.39, 0.29) is 23.9 Å². The van der Waals surface area contributed by atoms with E-state index in [2.05, 4.69) is 16.6 Å². The van der Waals surface area contributed by atoms with Gasteiger partial charge in [0.25, 0.3) is 0 Å². The minimum atomic E-state index is -0.847. The minimum absolute atomic E-state index is 0.0696. The lowest BCUT2D eigenvalue weighted by atomic mass is 9.87. The number of amides is 3. The van der Waals surface area contributed by atoms with E-state index in [0.29, 0.717) is 11.1 Å². The molecule has 0 heterocycles. The van der Waals surface area contributed by atoms with Crippen LogP contribution in [0.3, 0.4) is 0 Å². The van der Waals surface area contributed by atoms with Crippen LogP contribution in [0.5, 0.6) is 0 Å². The van der Waals surface area contributed by atoms with Gasteiger partial charge in [0.15, 0.2) is 0 Å². The zero-order valence-corrected chi connectivity index (χ0v) is 21.4. The van der Waals surface area contributed by atoms with Crippen LogP contribution in [0.25, 0.3) is 0 Å². The number of ether oxygens (including phenoxy) is 1. The first kappa shape index (κ1) is 26.6. The fraction of sp³-hybridized carbons (Fsp3) is 0.607. The zero-order valence-electron chi connectivity index (χ0n) is 21.4. The largest absolute Gasteiger partial charge is 0.444 e. The minimum Gasteiger partial charge on any atom is -0.444 e. The highest BCUT2D eigenvalue weighted by Crippen LogP contribution is 2.34. The topological polar surface area (TPSA) is 87.7 Å². The highest BCUT2D eigenvalue weighted by molar-refractivity contribution is 5.92. The van der Waals surface area contributed by atoms with Crippen LogP contribution in [-0.2, 0) is 14.3 Å². The number of terminal acetylenes is 1. The molecule has 2 saturated carbocycles. The molecule has 2 N–H and O–H groups in total. The molecule has 0 aliphatic heterocycles. The number of rotatable bonds is 7. The molecule has 2 fully saturated rings. The number of nitrogens with one attached hydrogen (secondary N) is 2. The second-order valence-corrected chi connectivity index (χ2v) is 10.7. The maximum Gasteiger partial charge on any atom is 0.408 e. The van der Waals surface area contributed by atoms with E-state index in [1.54, 1.807) is 44.7 Å². The van der Waals surface area contributed by atoms with Crippen molar-refractivity contribution in [2.45, 2.75) is 109 Å². The summed E-state index contributed by atoms with van der Waals surface area (Å²) in [5.74, 6) is 2.12. The van der Waals surface area contributed by atoms with Crippen molar-refractivity contribution >= 4 is 17.9 Å². The van der Waals surface area contributed by atoms with E-state index in [1.807, 2.05) is 12.1 Å². The molecule has 0 radical (unpaired) electrons. The molecule has 2 aliphatic carbocycles. The Morgan fingerprint density at radius 1 is 1.03 bits per heavy atom. The van der Waals surface area contributed by atoms with Gasteiger partial charge in [0.05, 0.1) is 0 Å². The van der Waals surface area contributed by atoms with Gasteiger partial charge >= 0.3 is 6.09 Å². The Hall–Kier alpha value is -3.01. The summed E-state index contributed by atoms with van der Waals surface area (Å²) in [6.07, 6.45) is 12.8. The first-order valence-electron chi connectivity index (χ1n) is 12.8. The van der Waals surface area contributed by atoms with E-state index >= 15 is 0 Å². The van der Waals surface area contributed by atoms with Gasteiger partial charge in [-0.25, -0.2) is 4.79 Å². The van der Waals surface area contributed by atoms with Crippen molar-refractivity contribution < 1.29 is 19.1 Å². The van der Waals surface area contributed by atoms with Crippen molar-refractivity contribution in [2.75, 3.05) is 0 Å². The number of hydrogen-bond acceptors (Lipinski definition) is 4. The lowest BCUT2D eigenvalue weighted by Crippen LogP contribution is -2.57. The van der Waals surface area contributed by atoms with Gasteiger partial charge in [-0.2, -0.15) is 0 Å². The molecule has 7 heteroatoms. The fourth-order valence-electron chi connectivity index (χ4n) is 4.68. The van der Waals surface area contributed by atoms with E-state index in [1.165, 1.54) is 6.42 Å². The number of carbonyl (C=O) groups is 3. The highest BCUT2D eigenvalue weighted by atomic mass is 16.6. The van der Waals surface area contributed by atoms with Crippen molar-refractivity contribution in [3.05, 3.63) is 35.4 Å². The second-order valence-electron chi connectivity index (χ2n) is 10.7. The molecule has 2 aliphatic rings. The number of hydrogen-bond donors (Lipinski definition) is 2. The lowest BCUT2D eigenvalue weighted by Gasteiger charge is -2.43. The average molecular weight is 482 g/mol. The fourth-order valence-corrected chi connectivity index (χ4v) is 4.68. The molecular weight excluding hydrogens is 442 g/mol. The van der Waals surface area contributed by atoms with Crippen LogP contribution >= 0.6 is 0 Å². The molecule has 2 atom stereocenters. The van der Waals surface area contributed by atoms with Crippen LogP contribution in [0, 0.1) is 12.3 Å². The molecule has 35 heavy (non-hydrogen) atoms. The Kier molecular flexibility index (Phi) is 8.82. The van der Waals surface area contributed by atoms with Gasteiger partial charge in [-0.3, -0.25) is 9.59 Å². The molecule has 190 valence electrons. The molecule has 0 saturated heterocycles. The maximum absolute atomic E-state index is 13.8. The van der Waals surface area contributed by atoms with Gasteiger partial charge in [-0.05, 0) is 77.5 Å². The summed E-state index contributed by atoms with van der Waals surface area (Å²) >= 11 is 0. The van der Waals surface area contributed by atoms with Crippen LogP contribution < -0.4 is 10.6 Å². The summed E-state index contributed by atoms with van der Waals surface area (Å²) in [5.41, 5.74) is 0.741. The van der Waals surface area contributed by atoms with Gasteiger partial charge in [-0.1, -0.05) is 37.3 Å². The summed E-state index contributed by atoms with van der Waals surface area (Å²) in [5, 5.41) is 5.86. The Morgan fingerprint density at radius 2 is 1.66 bits per heavy atom. The maximum atomic E-state index is 13.8. The standard InChI is InChI=1S/C28H39N3O4/c1-6-20-15-17-21(18-16-20)24(25(32)30-22-11-8-7-9-12-22)31(23-13-10-14-23)26(33)19(2)29-27(34)35-28(3,4)5/h1,15-19,22-24H,7-14H2,2-5H3,(H,29,34)(H,30,32). The molecule has 0 aromatic heterocycles. The molecule has 3 rings (SSSR count). The Labute approximate surface area is 209 Å². The van der Waals surface area contributed by atoms with Crippen molar-refractivity contribution in [3.8, 4) is 12.3 Å². The van der Waals surface area contributed by atoms with Crippen LogP contribution in [0.2, 0.25) is 0 Å². The molecular formula is C28H39N3O4. The van der Waals surface area contributed by atoms with Crippen molar-refractivity contribution in [1.82, 2.24) is 15.5 Å². The monoisotopic (exact) mass is 481 g/mol. The molecule has 2 unspecified atom stereocenters. The second kappa shape index (κ2) is 11.6. The van der Waals surface area contributed by atoms with Gasteiger partial charge in [-0.15, -0.1) is 6.42 Å². The Bertz CT molecular complexity index is 934. The molecule has 1 aromatic rings. The summed E-state index contributed by atoms with van der Waals surface area (Å²) < 4.78 is 5.34. The van der Waals surface area contributed by atoms with Gasteiger partial charge in [0.2, 0.25) is 11.8 Å². The van der Waals surface area contributed by atoms with E-state index in [0.717, 1.165) is 44.9 Å². The molecule has 1 aromatic carbocycles. The van der Waals surface area contributed by atoms with Gasteiger partial charge in [0.1, 0.15) is 17.7 Å². The number of carbonyl (C=O) groups excluding carboxylic acids is 3. The van der Waals surface area contributed by atoms with Crippen molar-refractivity contribution in [3.63, 3.8) is 0 Å². The van der Waals surface area contributed by atoms with Crippen LogP contribution in [0.1, 0.15) is 96.2 Å². The quantitative estimate of drug-likeness (QED) is 0.563. The lowest BCUT2D eigenvalue weighted by molar-refractivity contribution is -0.147. The molecule has 0 bridgehead atoms. The molecule has 7 nitrogen and oxygen atoms in total. The van der Waals surface area contributed by atoms with Crippen molar-refractivity contribution in [1.29, 1.82) is 0 Å². The Morgan fingerprint density at radius 3 is 2.17 bits per heavy atom. The summed E-state index contributed by atoms with van der Waals surface area (Å²) in [6, 6.07) is 5.63. The zero-order chi connectivity index (χ0) is 25.6. The van der Waals surface area contributed by atoms with Crippen molar-refractivity contribution in [2.24, 2.45) is 0 Å². The smallest absolute Gasteiger partial charge is 0.408 e. The third kappa shape index (κ3) is 7.24. The first-order valence-corrected chi connectivity index (χ1v) is 12.8. The normalized spacial score (nSPS) is 18.4. The molecule has 0 spiro atoms. The summed E-state index contributed by atoms with van der Waals surface area (Å²) in [6.45, 7) is 6.94. The number of benzene rings is 1. The highest BCUT2D eigenvalue weighted by Gasteiger charge is 2.41. The summed E-state index contributed by atoms with van der Waals surface area (Å²) in [7, 11) is 0. The SMILES string of the molecule is C#Cc1ccc(C(C(=O)NC2CCCCC2)N(C(=O)C(C)NC(=O)OC(C)(C)C)C2CCC2)cc1. The predicted octanol–water partition coefficient (Wildman–Crippen LogP) is 4.45. The van der Waals surface area contributed by atoms with E-state index in [9.17, 15) is 14.4 Å².